The highest BCUT2D eigenvalue weighted by Crippen LogP contribution is 2.43. The lowest BCUT2D eigenvalue weighted by Gasteiger charge is -2.13. The van der Waals surface area contributed by atoms with E-state index in [4.69, 9.17) is 9.47 Å². The van der Waals surface area contributed by atoms with Gasteiger partial charge in [0.25, 0.3) is 6.01 Å². The second kappa shape index (κ2) is 4.66. The molecule has 1 aromatic heterocycles. The van der Waals surface area contributed by atoms with Gasteiger partial charge in [0.2, 0.25) is 0 Å². The molecule has 0 radical (unpaired) electrons. The molecule has 1 saturated heterocycles. The molecule has 6 nitrogen and oxygen atoms in total. The molecule has 2 aliphatic heterocycles. The second-order valence-electron chi connectivity index (χ2n) is 4.84. The standard InChI is InChI=1S/C12H10I2N2O4/c13-4-1-6-7(2-5(4)14)16-11-10(20-12(16)15-6)9(18)8(3-17)19-11/h1-2,8-11,17-18H,3H2/t8-,9-,10-,11+/m1/s1. The van der Waals surface area contributed by atoms with Gasteiger partial charge in [-0.05, 0) is 57.3 Å². The van der Waals surface area contributed by atoms with Gasteiger partial charge in [-0.15, -0.1) is 0 Å². The van der Waals surface area contributed by atoms with Crippen LogP contribution in [0, 0.1) is 7.14 Å². The summed E-state index contributed by atoms with van der Waals surface area (Å²) in [6, 6.07) is 4.49. The van der Waals surface area contributed by atoms with Gasteiger partial charge in [0.05, 0.1) is 17.6 Å². The number of hydrogen-bond acceptors (Lipinski definition) is 5. The van der Waals surface area contributed by atoms with Crippen LogP contribution in [0.2, 0.25) is 0 Å². The van der Waals surface area contributed by atoms with E-state index >= 15 is 0 Å². The number of aliphatic hydroxyl groups is 2. The molecule has 2 aliphatic rings. The summed E-state index contributed by atoms with van der Waals surface area (Å²) in [6.07, 6.45) is -2.39. The summed E-state index contributed by atoms with van der Waals surface area (Å²) in [4.78, 5) is 4.44. The van der Waals surface area contributed by atoms with Crippen LogP contribution in [-0.4, -0.2) is 44.7 Å². The molecule has 20 heavy (non-hydrogen) atoms. The Kier molecular flexibility index (Phi) is 3.15. The molecule has 8 heteroatoms. The molecule has 1 fully saturated rings. The minimum Gasteiger partial charge on any atom is -0.454 e. The van der Waals surface area contributed by atoms with Gasteiger partial charge in [-0.25, -0.2) is 0 Å². The van der Waals surface area contributed by atoms with E-state index < -0.39 is 24.5 Å². The van der Waals surface area contributed by atoms with E-state index in [9.17, 15) is 10.2 Å². The fraction of sp³-hybridized carbons (Fsp3) is 0.417. The van der Waals surface area contributed by atoms with Crippen LogP contribution in [0.5, 0.6) is 6.01 Å². The molecule has 3 heterocycles. The third-order valence-electron chi connectivity index (χ3n) is 3.69. The molecule has 0 spiro atoms. The summed E-state index contributed by atoms with van der Waals surface area (Å²) in [5.41, 5.74) is 1.76. The van der Waals surface area contributed by atoms with Crippen LogP contribution in [0.4, 0.5) is 0 Å². The predicted molar refractivity (Wildman–Crippen MR) is 86.6 cm³/mol. The van der Waals surface area contributed by atoms with Crippen LogP contribution in [0.3, 0.4) is 0 Å². The van der Waals surface area contributed by atoms with Crippen LogP contribution >= 0.6 is 45.2 Å². The number of ether oxygens (including phenoxy) is 2. The highest BCUT2D eigenvalue weighted by Gasteiger charge is 2.51. The Balaban J connectivity index is 1.86. The molecule has 0 aliphatic carbocycles. The Hall–Kier alpha value is -0.170. The summed E-state index contributed by atoms with van der Waals surface area (Å²) >= 11 is 4.54. The summed E-state index contributed by atoms with van der Waals surface area (Å²) in [7, 11) is 0. The Bertz CT molecular complexity index is 704. The van der Waals surface area contributed by atoms with Crippen molar-refractivity contribution < 1.29 is 19.7 Å². The normalized spacial score (nSPS) is 31.4. The van der Waals surface area contributed by atoms with E-state index in [0.29, 0.717) is 6.01 Å². The van der Waals surface area contributed by atoms with Crippen LogP contribution in [-0.2, 0) is 4.74 Å². The Labute approximate surface area is 141 Å². The maximum atomic E-state index is 10.1. The Morgan fingerprint density at radius 1 is 1.30 bits per heavy atom. The fourth-order valence-electron chi connectivity index (χ4n) is 2.72. The molecule has 0 bridgehead atoms. The molecular weight excluding hydrogens is 490 g/mol. The lowest BCUT2D eigenvalue weighted by Crippen LogP contribution is -2.34. The quantitative estimate of drug-likeness (QED) is 0.578. The molecule has 1 aromatic carbocycles. The van der Waals surface area contributed by atoms with E-state index in [1.807, 2.05) is 16.7 Å². The molecule has 106 valence electrons. The summed E-state index contributed by atoms with van der Waals surface area (Å²) in [6.45, 7) is -0.227. The van der Waals surface area contributed by atoms with E-state index in [1.165, 1.54) is 0 Å². The van der Waals surface area contributed by atoms with Gasteiger partial charge in [-0.3, -0.25) is 4.57 Å². The van der Waals surface area contributed by atoms with Gasteiger partial charge in [0.15, 0.2) is 12.3 Å². The Morgan fingerprint density at radius 2 is 2.05 bits per heavy atom. The number of nitrogens with zero attached hydrogens (tertiary/aromatic N) is 2. The van der Waals surface area contributed by atoms with Gasteiger partial charge >= 0.3 is 0 Å². The maximum absolute atomic E-state index is 10.1. The van der Waals surface area contributed by atoms with E-state index in [1.54, 1.807) is 0 Å². The minimum atomic E-state index is -0.843. The van der Waals surface area contributed by atoms with E-state index in [2.05, 4.69) is 50.2 Å². The van der Waals surface area contributed by atoms with Crippen LogP contribution in [0.25, 0.3) is 11.0 Å². The van der Waals surface area contributed by atoms with Crippen molar-refractivity contribution in [1.82, 2.24) is 9.55 Å². The summed E-state index contributed by atoms with van der Waals surface area (Å²) < 4.78 is 15.5. The number of imidazole rings is 1. The zero-order valence-electron chi connectivity index (χ0n) is 10.0. The number of halogens is 2. The highest BCUT2D eigenvalue weighted by molar-refractivity contribution is 14.1. The zero-order valence-corrected chi connectivity index (χ0v) is 14.3. The molecule has 2 aromatic rings. The molecule has 0 saturated carbocycles. The zero-order chi connectivity index (χ0) is 14.0. The Morgan fingerprint density at radius 3 is 2.80 bits per heavy atom. The van der Waals surface area contributed by atoms with Gasteiger partial charge < -0.3 is 19.7 Å². The molecular formula is C12H10I2N2O4. The molecule has 4 rings (SSSR count). The third kappa shape index (κ3) is 1.74. The molecule has 4 atom stereocenters. The first-order valence-electron chi connectivity index (χ1n) is 6.08. The number of benzene rings is 1. The average molecular weight is 500 g/mol. The average Bonchev–Trinajstić information content (AvgIpc) is 3.01. The number of rotatable bonds is 1. The van der Waals surface area contributed by atoms with Crippen molar-refractivity contribution in [2.75, 3.05) is 6.61 Å². The van der Waals surface area contributed by atoms with Crippen LogP contribution in [0.1, 0.15) is 6.23 Å². The van der Waals surface area contributed by atoms with Crippen molar-refractivity contribution in [1.29, 1.82) is 0 Å². The van der Waals surface area contributed by atoms with Gasteiger partial charge in [-0.1, -0.05) is 0 Å². The first kappa shape index (κ1) is 13.5. The summed E-state index contributed by atoms with van der Waals surface area (Å²) in [5.74, 6) is 0. The van der Waals surface area contributed by atoms with Crippen molar-refractivity contribution >= 4 is 56.2 Å². The van der Waals surface area contributed by atoms with E-state index in [0.717, 1.165) is 18.2 Å². The smallest absolute Gasteiger partial charge is 0.300 e. The maximum Gasteiger partial charge on any atom is 0.300 e. The molecule has 2 N–H and O–H groups in total. The van der Waals surface area contributed by atoms with Gasteiger partial charge in [0, 0.05) is 7.14 Å². The van der Waals surface area contributed by atoms with Crippen molar-refractivity contribution in [3.63, 3.8) is 0 Å². The summed E-state index contributed by atoms with van der Waals surface area (Å²) in [5, 5.41) is 19.3. The SMILES string of the molecule is OC[C@H]1O[C@H]2[C@H](Oc3nc4cc(I)c(I)cc4n32)[C@@H]1O. The van der Waals surface area contributed by atoms with Crippen molar-refractivity contribution in [3.05, 3.63) is 19.3 Å². The predicted octanol–water partition coefficient (Wildman–Crippen LogP) is 1.26. The fourth-order valence-corrected chi connectivity index (χ4v) is 3.62. The number of hydrogen-bond donors (Lipinski definition) is 2. The van der Waals surface area contributed by atoms with Crippen molar-refractivity contribution in [2.45, 2.75) is 24.5 Å². The number of fused-ring (bicyclic) bond motifs is 5. The number of aromatic nitrogens is 2. The second-order valence-corrected chi connectivity index (χ2v) is 7.16. The lowest BCUT2D eigenvalue weighted by atomic mass is 10.1. The topological polar surface area (TPSA) is 76.7 Å². The van der Waals surface area contributed by atoms with E-state index in [-0.39, 0.29) is 6.61 Å². The van der Waals surface area contributed by atoms with Gasteiger partial charge in [0.1, 0.15) is 12.2 Å². The highest BCUT2D eigenvalue weighted by atomic mass is 127. The van der Waals surface area contributed by atoms with Crippen molar-refractivity contribution in [2.24, 2.45) is 0 Å². The third-order valence-corrected chi connectivity index (χ3v) is 6.50. The first-order chi connectivity index (χ1) is 9.60. The molecule has 0 unspecified atom stereocenters. The minimum absolute atomic E-state index is 0.227. The molecule has 0 amide bonds. The van der Waals surface area contributed by atoms with Crippen molar-refractivity contribution in [3.8, 4) is 6.01 Å². The van der Waals surface area contributed by atoms with Gasteiger partial charge in [-0.2, -0.15) is 4.98 Å². The van der Waals surface area contributed by atoms with Crippen LogP contribution < -0.4 is 4.74 Å². The van der Waals surface area contributed by atoms with Crippen LogP contribution in [0.15, 0.2) is 12.1 Å². The lowest BCUT2D eigenvalue weighted by molar-refractivity contribution is -0.0418. The number of aliphatic hydroxyl groups excluding tert-OH is 2. The largest absolute Gasteiger partial charge is 0.454 e. The monoisotopic (exact) mass is 500 g/mol. The first-order valence-corrected chi connectivity index (χ1v) is 8.24.